The first kappa shape index (κ1) is 16.7. The number of aromatic nitrogens is 2. The van der Waals surface area contributed by atoms with Gasteiger partial charge in [-0.25, -0.2) is 9.97 Å². The molecule has 128 valence electrons. The van der Waals surface area contributed by atoms with E-state index in [-0.39, 0.29) is 0 Å². The molecule has 0 aliphatic carbocycles. The maximum absolute atomic E-state index is 5.82. The lowest BCUT2D eigenvalue weighted by Crippen LogP contribution is -2.46. The maximum atomic E-state index is 5.82. The van der Waals surface area contributed by atoms with Gasteiger partial charge in [-0.2, -0.15) is 0 Å². The molecule has 0 saturated carbocycles. The topological polar surface area (TPSA) is 41.5 Å². The molecule has 5 nitrogen and oxygen atoms in total. The van der Waals surface area contributed by atoms with E-state index in [0.29, 0.717) is 12.2 Å². The summed E-state index contributed by atoms with van der Waals surface area (Å²) in [7, 11) is 0. The van der Waals surface area contributed by atoms with E-state index in [2.05, 4.69) is 33.6 Å². The molecule has 1 aromatic heterocycles. The van der Waals surface area contributed by atoms with Crippen LogP contribution in [0.25, 0.3) is 0 Å². The van der Waals surface area contributed by atoms with Crippen molar-refractivity contribution in [1.82, 2.24) is 14.9 Å². The molecule has 3 rings (SSSR count). The van der Waals surface area contributed by atoms with Crippen molar-refractivity contribution in [3.63, 3.8) is 0 Å². The van der Waals surface area contributed by atoms with Crippen molar-refractivity contribution in [1.29, 1.82) is 0 Å². The van der Waals surface area contributed by atoms with Gasteiger partial charge in [0.2, 0.25) is 5.95 Å². The van der Waals surface area contributed by atoms with Crippen molar-refractivity contribution in [2.75, 3.05) is 37.6 Å². The van der Waals surface area contributed by atoms with Gasteiger partial charge in [0.1, 0.15) is 0 Å². The number of morpholine rings is 1. The van der Waals surface area contributed by atoms with Crippen LogP contribution in [0.3, 0.4) is 0 Å². The zero-order valence-electron chi connectivity index (χ0n) is 14.7. The number of nitrogens with zero attached hydrogens (tertiary/aromatic N) is 4. The van der Waals surface area contributed by atoms with E-state index in [1.807, 2.05) is 19.3 Å². The fourth-order valence-electron chi connectivity index (χ4n) is 3.80. The van der Waals surface area contributed by atoms with E-state index in [9.17, 15) is 0 Å². The van der Waals surface area contributed by atoms with Crippen LogP contribution >= 0.6 is 0 Å². The minimum absolute atomic E-state index is 0.374. The van der Waals surface area contributed by atoms with Crippen LogP contribution in [0.1, 0.15) is 38.7 Å². The minimum atomic E-state index is 0.374. The first-order chi connectivity index (χ1) is 11.1. The predicted molar refractivity (Wildman–Crippen MR) is 92.8 cm³/mol. The molecule has 0 bridgehead atoms. The Morgan fingerprint density at radius 2 is 1.70 bits per heavy atom. The number of rotatable bonds is 4. The van der Waals surface area contributed by atoms with Crippen molar-refractivity contribution < 1.29 is 4.74 Å². The van der Waals surface area contributed by atoms with E-state index < -0.39 is 0 Å². The molecular weight excluding hydrogens is 288 g/mol. The molecule has 0 amide bonds. The summed E-state index contributed by atoms with van der Waals surface area (Å²) in [4.78, 5) is 13.8. The van der Waals surface area contributed by atoms with E-state index >= 15 is 0 Å². The maximum Gasteiger partial charge on any atom is 0.225 e. The number of aryl methyl sites for hydroxylation is 1. The third kappa shape index (κ3) is 4.64. The Morgan fingerprint density at radius 1 is 1.09 bits per heavy atom. The quantitative estimate of drug-likeness (QED) is 0.853. The molecule has 2 fully saturated rings. The Balaban J connectivity index is 1.41. The highest BCUT2D eigenvalue weighted by Gasteiger charge is 2.25. The highest BCUT2D eigenvalue weighted by Crippen LogP contribution is 2.24. The third-order valence-corrected chi connectivity index (χ3v) is 5.01. The van der Waals surface area contributed by atoms with Crippen LogP contribution in [0.2, 0.25) is 0 Å². The van der Waals surface area contributed by atoms with Gasteiger partial charge in [-0.15, -0.1) is 0 Å². The molecule has 0 aromatic carbocycles. The molecule has 3 heterocycles. The lowest BCUT2D eigenvalue weighted by atomic mass is 9.93. The molecule has 2 saturated heterocycles. The van der Waals surface area contributed by atoms with Crippen LogP contribution in [0.5, 0.6) is 0 Å². The van der Waals surface area contributed by atoms with E-state index in [0.717, 1.165) is 43.6 Å². The summed E-state index contributed by atoms with van der Waals surface area (Å²) >= 11 is 0. The summed E-state index contributed by atoms with van der Waals surface area (Å²) in [5, 5.41) is 0. The van der Waals surface area contributed by atoms with Gasteiger partial charge in [0.25, 0.3) is 0 Å². The summed E-state index contributed by atoms with van der Waals surface area (Å²) < 4.78 is 5.82. The Kier molecular flexibility index (Phi) is 5.49. The van der Waals surface area contributed by atoms with Crippen LogP contribution in [-0.2, 0) is 4.74 Å². The zero-order chi connectivity index (χ0) is 16.2. The largest absolute Gasteiger partial charge is 0.373 e. The average molecular weight is 318 g/mol. The van der Waals surface area contributed by atoms with Crippen molar-refractivity contribution in [2.24, 2.45) is 5.92 Å². The van der Waals surface area contributed by atoms with Crippen LogP contribution in [0.4, 0.5) is 5.95 Å². The van der Waals surface area contributed by atoms with E-state index in [4.69, 9.17) is 4.74 Å². The molecule has 0 spiro atoms. The molecule has 2 aliphatic heterocycles. The van der Waals surface area contributed by atoms with Gasteiger partial charge < -0.3 is 9.64 Å². The van der Waals surface area contributed by atoms with Crippen LogP contribution in [0, 0.1) is 12.8 Å². The first-order valence-electron chi connectivity index (χ1n) is 9.01. The van der Waals surface area contributed by atoms with Crippen LogP contribution < -0.4 is 4.90 Å². The van der Waals surface area contributed by atoms with Crippen molar-refractivity contribution in [3.8, 4) is 0 Å². The second kappa shape index (κ2) is 7.58. The first-order valence-corrected chi connectivity index (χ1v) is 9.01. The summed E-state index contributed by atoms with van der Waals surface area (Å²) in [6.07, 6.45) is 8.39. The summed E-state index contributed by atoms with van der Waals surface area (Å²) in [6.45, 7) is 12.0. The van der Waals surface area contributed by atoms with Gasteiger partial charge in [0.05, 0.1) is 12.2 Å². The standard InChI is InChI=1S/C18H30N4O/c1-14-10-19-18(20-11-14)22-8-5-17(6-9-22)4-7-21-12-15(2)23-16(3)13-21/h10-11,15-17H,4-9,12-13H2,1-3H3. The molecule has 0 N–H and O–H groups in total. The summed E-state index contributed by atoms with van der Waals surface area (Å²) in [6, 6.07) is 0. The SMILES string of the molecule is Cc1cnc(N2CCC(CCN3CC(C)OC(C)C3)CC2)nc1. The average Bonchev–Trinajstić information content (AvgIpc) is 2.53. The number of anilines is 1. The van der Waals surface area contributed by atoms with Crippen molar-refractivity contribution in [3.05, 3.63) is 18.0 Å². The monoisotopic (exact) mass is 318 g/mol. The Hall–Kier alpha value is -1.20. The van der Waals surface area contributed by atoms with E-state index in [1.165, 1.54) is 25.8 Å². The Bertz CT molecular complexity index is 474. The summed E-state index contributed by atoms with van der Waals surface area (Å²) in [5.41, 5.74) is 1.12. The molecule has 2 atom stereocenters. The third-order valence-electron chi connectivity index (χ3n) is 5.01. The van der Waals surface area contributed by atoms with Gasteiger partial charge in [-0.05, 0) is 58.1 Å². The van der Waals surface area contributed by atoms with Crippen molar-refractivity contribution in [2.45, 2.75) is 52.2 Å². The Labute approximate surface area is 140 Å². The minimum Gasteiger partial charge on any atom is -0.373 e. The zero-order valence-corrected chi connectivity index (χ0v) is 14.7. The number of piperidine rings is 1. The lowest BCUT2D eigenvalue weighted by Gasteiger charge is -2.37. The van der Waals surface area contributed by atoms with Gasteiger partial charge >= 0.3 is 0 Å². The van der Waals surface area contributed by atoms with Crippen LogP contribution in [0.15, 0.2) is 12.4 Å². The highest BCUT2D eigenvalue weighted by atomic mass is 16.5. The molecular formula is C18H30N4O. The molecule has 0 radical (unpaired) electrons. The van der Waals surface area contributed by atoms with Crippen LogP contribution in [-0.4, -0.2) is 59.8 Å². The lowest BCUT2D eigenvalue weighted by molar-refractivity contribution is -0.0690. The predicted octanol–water partition coefficient (Wildman–Crippen LogP) is 2.50. The fraction of sp³-hybridized carbons (Fsp3) is 0.778. The van der Waals surface area contributed by atoms with E-state index in [1.54, 1.807) is 0 Å². The highest BCUT2D eigenvalue weighted by molar-refractivity contribution is 5.30. The van der Waals surface area contributed by atoms with Crippen molar-refractivity contribution >= 4 is 5.95 Å². The fourth-order valence-corrected chi connectivity index (χ4v) is 3.80. The summed E-state index contributed by atoms with van der Waals surface area (Å²) in [5.74, 6) is 1.73. The number of ether oxygens (including phenoxy) is 1. The van der Waals surface area contributed by atoms with Gasteiger partial charge in [0, 0.05) is 38.6 Å². The van der Waals surface area contributed by atoms with Gasteiger partial charge in [0.15, 0.2) is 0 Å². The normalized spacial score (nSPS) is 27.3. The van der Waals surface area contributed by atoms with Gasteiger partial charge in [-0.3, -0.25) is 4.90 Å². The molecule has 2 unspecified atom stereocenters. The molecule has 23 heavy (non-hydrogen) atoms. The molecule has 5 heteroatoms. The number of hydrogen-bond donors (Lipinski definition) is 0. The molecule has 1 aromatic rings. The second-order valence-electron chi connectivity index (χ2n) is 7.30. The Morgan fingerprint density at radius 3 is 2.30 bits per heavy atom. The molecule has 2 aliphatic rings. The van der Waals surface area contributed by atoms with Gasteiger partial charge in [-0.1, -0.05) is 0 Å². The smallest absolute Gasteiger partial charge is 0.225 e. The second-order valence-corrected chi connectivity index (χ2v) is 7.30. The number of hydrogen-bond acceptors (Lipinski definition) is 5.